The number of rotatable bonds is 3. The fraction of sp³-hybridized carbons (Fsp3) is 0.375. The van der Waals surface area contributed by atoms with E-state index in [2.05, 4.69) is 29.4 Å². The standard InChI is InChI=1S/C24H25ClN4O2/c1-14-10-19-8-9-29(14)24(30)20-12-18(15(2)22(25)23(20)31-19)11-16-4-6-17(7-5-16)21-13-28(3)27-26-21/h4-7,12-14,19H,8-11H2,1-3H3/t14-,19-/m1/s1. The van der Waals surface area contributed by atoms with E-state index in [9.17, 15) is 4.79 Å². The summed E-state index contributed by atoms with van der Waals surface area (Å²) in [6.07, 6.45) is 4.38. The molecule has 3 aromatic rings. The average molecular weight is 437 g/mol. The summed E-state index contributed by atoms with van der Waals surface area (Å²) in [7, 11) is 1.85. The lowest BCUT2D eigenvalue weighted by Crippen LogP contribution is -2.49. The summed E-state index contributed by atoms with van der Waals surface area (Å²) in [6.45, 7) is 4.82. The van der Waals surface area contributed by atoms with Crippen molar-refractivity contribution in [2.75, 3.05) is 6.54 Å². The maximum Gasteiger partial charge on any atom is 0.257 e. The van der Waals surface area contributed by atoms with Crippen LogP contribution in [0.4, 0.5) is 0 Å². The fourth-order valence-electron chi connectivity index (χ4n) is 4.59. The summed E-state index contributed by atoms with van der Waals surface area (Å²) < 4.78 is 7.94. The van der Waals surface area contributed by atoms with Crippen molar-refractivity contribution in [2.45, 2.75) is 45.3 Å². The van der Waals surface area contributed by atoms with Gasteiger partial charge in [0.15, 0.2) is 5.75 Å². The first-order valence-electron chi connectivity index (χ1n) is 10.7. The van der Waals surface area contributed by atoms with Crippen LogP contribution in [0.2, 0.25) is 5.02 Å². The van der Waals surface area contributed by atoms with Crippen molar-refractivity contribution >= 4 is 17.5 Å². The van der Waals surface area contributed by atoms with Gasteiger partial charge in [-0.25, -0.2) is 0 Å². The van der Waals surface area contributed by atoms with Crippen LogP contribution in [0.1, 0.15) is 46.8 Å². The van der Waals surface area contributed by atoms with Crippen LogP contribution in [0.3, 0.4) is 0 Å². The van der Waals surface area contributed by atoms with Gasteiger partial charge in [-0.1, -0.05) is 41.1 Å². The molecule has 31 heavy (non-hydrogen) atoms. The van der Waals surface area contributed by atoms with Crippen LogP contribution < -0.4 is 4.74 Å². The van der Waals surface area contributed by atoms with E-state index in [0.29, 0.717) is 22.8 Å². The maximum atomic E-state index is 13.3. The minimum Gasteiger partial charge on any atom is -0.488 e. The van der Waals surface area contributed by atoms with Gasteiger partial charge in [0.2, 0.25) is 0 Å². The van der Waals surface area contributed by atoms with Gasteiger partial charge in [-0.05, 0) is 43.0 Å². The molecule has 4 heterocycles. The van der Waals surface area contributed by atoms with Crippen LogP contribution in [0.25, 0.3) is 11.3 Å². The average Bonchev–Trinajstić information content (AvgIpc) is 3.19. The Hall–Kier alpha value is -2.86. The zero-order valence-electron chi connectivity index (χ0n) is 17.9. The van der Waals surface area contributed by atoms with Crippen LogP contribution in [0, 0.1) is 6.92 Å². The lowest BCUT2D eigenvalue weighted by Gasteiger charge is -2.41. The third kappa shape index (κ3) is 3.59. The number of fused-ring (bicyclic) bond motifs is 2. The van der Waals surface area contributed by atoms with Crippen molar-refractivity contribution in [1.82, 2.24) is 19.9 Å². The van der Waals surface area contributed by atoms with E-state index in [0.717, 1.165) is 47.3 Å². The van der Waals surface area contributed by atoms with Crippen molar-refractivity contribution in [2.24, 2.45) is 7.05 Å². The van der Waals surface area contributed by atoms with Crippen LogP contribution in [-0.2, 0) is 13.5 Å². The minimum absolute atomic E-state index is 0.0156. The highest BCUT2D eigenvalue weighted by atomic mass is 35.5. The molecule has 0 N–H and O–H groups in total. The first-order chi connectivity index (χ1) is 14.9. The van der Waals surface area contributed by atoms with E-state index in [-0.39, 0.29) is 18.1 Å². The Bertz CT molecular complexity index is 1160. The van der Waals surface area contributed by atoms with Crippen molar-refractivity contribution in [3.8, 4) is 17.0 Å². The highest BCUT2D eigenvalue weighted by Gasteiger charge is 2.36. The molecule has 160 valence electrons. The predicted molar refractivity (Wildman–Crippen MR) is 120 cm³/mol. The summed E-state index contributed by atoms with van der Waals surface area (Å²) in [5.74, 6) is 0.564. The molecule has 3 aliphatic heterocycles. The lowest BCUT2D eigenvalue weighted by atomic mass is 9.93. The molecule has 6 rings (SSSR count). The normalized spacial score (nSPS) is 20.3. The van der Waals surface area contributed by atoms with Gasteiger partial charge in [0, 0.05) is 38.0 Å². The Kier molecular flexibility index (Phi) is 4.97. The molecule has 3 aliphatic rings. The molecule has 0 radical (unpaired) electrons. The number of carbonyl (C=O) groups is 1. The number of hydrogen-bond donors (Lipinski definition) is 0. The molecule has 7 heteroatoms. The van der Waals surface area contributed by atoms with E-state index < -0.39 is 0 Å². The van der Waals surface area contributed by atoms with Gasteiger partial charge < -0.3 is 9.64 Å². The lowest BCUT2D eigenvalue weighted by molar-refractivity contribution is 0.0349. The number of piperidine rings is 1. The van der Waals surface area contributed by atoms with E-state index in [1.165, 1.54) is 0 Å². The number of hydrogen-bond acceptors (Lipinski definition) is 4. The number of aromatic nitrogens is 3. The van der Waals surface area contributed by atoms with Gasteiger partial charge in [0.25, 0.3) is 5.91 Å². The quantitative estimate of drug-likeness (QED) is 0.609. The van der Waals surface area contributed by atoms with Crippen LogP contribution in [0.5, 0.6) is 5.75 Å². The summed E-state index contributed by atoms with van der Waals surface area (Å²) in [5.41, 5.74) is 5.59. The Morgan fingerprint density at radius 2 is 2.03 bits per heavy atom. The summed E-state index contributed by atoms with van der Waals surface area (Å²) >= 11 is 6.74. The van der Waals surface area contributed by atoms with Gasteiger partial charge in [-0.2, -0.15) is 0 Å². The predicted octanol–water partition coefficient (Wildman–Crippen LogP) is 4.42. The second-order valence-corrected chi connectivity index (χ2v) is 8.99. The second kappa shape index (κ2) is 7.68. The highest BCUT2D eigenvalue weighted by Crippen LogP contribution is 2.40. The largest absolute Gasteiger partial charge is 0.488 e. The Morgan fingerprint density at radius 1 is 1.26 bits per heavy atom. The topological polar surface area (TPSA) is 60.2 Å². The summed E-state index contributed by atoms with van der Waals surface area (Å²) in [5, 5.41) is 8.71. The molecule has 2 aromatic carbocycles. The Labute approximate surface area is 186 Å². The molecule has 0 spiro atoms. The molecule has 1 fully saturated rings. The molecule has 0 saturated carbocycles. The van der Waals surface area contributed by atoms with Crippen LogP contribution in [0.15, 0.2) is 36.5 Å². The van der Waals surface area contributed by atoms with E-state index in [4.69, 9.17) is 16.3 Å². The smallest absolute Gasteiger partial charge is 0.257 e. The third-order valence-corrected chi connectivity index (χ3v) is 6.88. The van der Waals surface area contributed by atoms with Gasteiger partial charge in [-0.15, -0.1) is 5.10 Å². The van der Waals surface area contributed by atoms with Crippen molar-refractivity contribution in [3.63, 3.8) is 0 Å². The number of aryl methyl sites for hydroxylation is 1. The first-order valence-corrected chi connectivity index (χ1v) is 11.0. The Morgan fingerprint density at radius 3 is 2.71 bits per heavy atom. The van der Waals surface area contributed by atoms with Gasteiger partial charge in [0.1, 0.15) is 11.8 Å². The molecular weight excluding hydrogens is 412 g/mol. The second-order valence-electron chi connectivity index (χ2n) is 8.61. The zero-order chi connectivity index (χ0) is 21.7. The molecule has 1 saturated heterocycles. The first kappa shape index (κ1) is 20.1. The van der Waals surface area contributed by atoms with Crippen molar-refractivity contribution in [1.29, 1.82) is 0 Å². The molecule has 2 atom stereocenters. The van der Waals surface area contributed by atoms with E-state index >= 15 is 0 Å². The number of amides is 1. The fourth-order valence-corrected chi connectivity index (χ4v) is 4.85. The van der Waals surface area contributed by atoms with Gasteiger partial charge in [-0.3, -0.25) is 9.48 Å². The molecule has 1 aromatic heterocycles. The molecule has 0 aliphatic carbocycles. The molecular formula is C24H25ClN4O2. The number of nitrogens with zero attached hydrogens (tertiary/aromatic N) is 4. The van der Waals surface area contributed by atoms with Crippen molar-refractivity contribution < 1.29 is 9.53 Å². The molecule has 0 unspecified atom stereocenters. The van der Waals surface area contributed by atoms with Crippen molar-refractivity contribution in [3.05, 3.63) is 63.8 Å². The monoisotopic (exact) mass is 436 g/mol. The molecule has 1 amide bonds. The zero-order valence-corrected chi connectivity index (χ0v) is 18.7. The SMILES string of the molecule is Cc1c(Cc2ccc(-c3cn(C)nn3)cc2)cc2c(c1Cl)O[C@@H]1CCN(C2=O)[C@H](C)C1. The summed E-state index contributed by atoms with van der Waals surface area (Å²) in [6, 6.07) is 10.4. The van der Waals surface area contributed by atoms with Crippen LogP contribution >= 0.6 is 11.6 Å². The van der Waals surface area contributed by atoms with Gasteiger partial charge in [0.05, 0.1) is 16.8 Å². The maximum absolute atomic E-state index is 13.3. The third-order valence-electron chi connectivity index (χ3n) is 6.42. The molecule has 6 nitrogen and oxygen atoms in total. The number of benzene rings is 2. The highest BCUT2D eigenvalue weighted by molar-refractivity contribution is 6.33. The van der Waals surface area contributed by atoms with Crippen LogP contribution in [-0.4, -0.2) is 44.5 Å². The van der Waals surface area contributed by atoms with E-state index in [1.54, 1.807) is 4.68 Å². The number of carbonyl (C=O) groups excluding carboxylic acids is 1. The number of halogens is 1. The molecule has 2 bridgehead atoms. The van der Waals surface area contributed by atoms with E-state index in [1.807, 2.05) is 43.3 Å². The number of ether oxygens (including phenoxy) is 1. The minimum atomic E-state index is 0.0156. The Balaban J connectivity index is 1.48. The summed E-state index contributed by atoms with van der Waals surface area (Å²) in [4.78, 5) is 15.3. The van der Waals surface area contributed by atoms with Gasteiger partial charge >= 0.3 is 0 Å².